The van der Waals surface area contributed by atoms with Crippen molar-refractivity contribution < 1.29 is 19.8 Å². The summed E-state index contributed by atoms with van der Waals surface area (Å²) in [6.07, 6.45) is 0.273. The Morgan fingerprint density at radius 3 is 2.20 bits per heavy atom. The molecule has 3 atom stereocenters. The maximum Gasteiger partial charge on any atom is 0.323 e. The lowest BCUT2D eigenvalue weighted by molar-refractivity contribution is -0.143. The monoisotopic (exact) mass is 218 g/mol. The first-order valence-corrected chi connectivity index (χ1v) is 4.67. The minimum atomic E-state index is -1.41. The quantitative estimate of drug-likeness (QED) is 0.481. The molecule has 0 aliphatic carbocycles. The van der Waals surface area contributed by atoms with Gasteiger partial charge < -0.3 is 21.7 Å². The van der Waals surface area contributed by atoms with Crippen LogP contribution in [0.4, 0.5) is 0 Å². The summed E-state index contributed by atoms with van der Waals surface area (Å²) in [6, 6.07) is -0.526. The van der Waals surface area contributed by atoms with E-state index in [-0.39, 0.29) is 12.8 Å². The van der Waals surface area contributed by atoms with Gasteiger partial charge in [-0.3, -0.25) is 9.59 Å². The Morgan fingerprint density at radius 2 is 1.87 bits per heavy atom. The van der Waals surface area contributed by atoms with E-state index in [4.69, 9.17) is 21.7 Å². The molecule has 0 amide bonds. The van der Waals surface area contributed by atoms with Crippen LogP contribution in [-0.2, 0) is 9.59 Å². The number of aliphatic carboxylic acids is 2. The van der Waals surface area contributed by atoms with Crippen molar-refractivity contribution >= 4 is 11.9 Å². The number of carbonyl (C=O) groups is 2. The van der Waals surface area contributed by atoms with Crippen LogP contribution in [0.2, 0.25) is 0 Å². The van der Waals surface area contributed by atoms with Crippen LogP contribution in [0, 0.1) is 5.92 Å². The van der Waals surface area contributed by atoms with Crippen molar-refractivity contribution in [2.45, 2.75) is 38.3 Å². The minimum absolute atomic E-state index is 0.0555. The Kier molecular flexibility index (Phi) is 4.70. The summed E-state index contributed by atoms with van der Waals surface area (Å²) < 4.78 is 0. The second kappa shape index (κ2) is 5.09. The van der Waals surface area contributed by atoms with Gasteiger partial charge in [-0.15, -0.1) is 0 Å². The van der Waals surface area contributed by atoms with Crippen molar-refractivity contribution in [3.05, 3.63) is 0 Å². The highest BCUT2D eigenvalue weighted by molar-refractivity contribution is 5.77. The molecule has 6 nitrogen and oxygen atoms in total. The third-order valence-electron chi connectivity index (χ3n) is 2.25. The predicted octanol–water partition coefficient (Wildman–Crippen LogP) is -0.383. The third kappa shape index (κ3) is 4.75. The number of carboxylic acids is 2. The van der Waals surface area contributed by atoms with Gasteiger partial charge in [0.25, 0.3) is 0 Å². The average Bonchev–Trinajstić information content (AvgIpc) is 2.01. The summed E-state index contributed by atoms with van der Waals surface area (Å²) in [7, 11) is 0. The van der Waals surface area contributed by atoms with E-state index in [0.29, 0.717) is 0 Å². The van der Waals surface area contributed by atoms with Crippen molar-refractivity contribution in [1.29, 1.82) is 0 Å². The maximum absolute atomic E-state index is 10.7. The van der Waals surface area contributed by atoms with Crippen molar-refractivity contribution in [3.8, 4) is 0 Å². The van der Waals surface area contributed by atoms with Gasteiger partial charge in [0, 0.05) is 6.04 Å². The predicted molar refractivity (Wildman–Crippen MR) is 54.2 cm³/mol. The molecule has 6 N–H and O–H groups in total. The molecule has 0 fully saturated rings. The first kappa shape index (κ1) is 13.9. The molecule has 0 aromatic rings. The molecule has 0 saturated carbocycles. The Hall–Kier alpha value is -1.14. The number of hydrogen-bond donors (Lipinski definition) is 4. The van der Waals surface area contributed by atoms with Crippen LogP contribution in [0.5, 0.6) is 0 Å². The Labute approximate surface area is 88.3 Å². The van der Waals surface area contributed by atoms with Crippen molar-refractivity contribution in [2.24, 2.45) is 17.4 Å². The lowest BCUT2D eigenvalue weighted by Gasteiger charge is -2.24. The Morgan fingerprint density at radius 1 is 1.40 bits per heavy atom. The molecule has 0 saturated heterocycles. The van der Waals surface area contributed by atoms with E-state index >= 15 is 0 Å². The van der Waals surface area contributed by atoms with Crippen LogP contribution in [0.15, 0.2) is 0 Å². The van der Waals surface area contributed by atoms with Gasteiger partial charge in [-0.1, -0.05) is 6.92 Å². The van der Waals surface area contributed by atoms with Gasteiger partial charge in [-0.05, 0) is 19.8 Å². The van der Waals surface area contributed by atoms with Gasteiger partial charge in [0.1, 0.15) is 5.54 Å². The molecule has 0 bridgehead atoms. The van der Waals surface area contributed by atoms with Crippen LogP contribution in [0.3, 0.4) is 0 Å². The van der Waals surface area contributed by atoms with Crippen molar-refractivity contribution in [3.63, 3.8) is 0 Å². The van der Waals surface area contributed by atoms with E-state index in [0.717, 1.165) is 0 Å². The number of hydrogen-bond acceptors (Lipinski definition) is 4. The van der Waals surface area contributed by atoms with E-state index in [1.54, 1.807) is 0 Å². The van der Waals surface area contributed by atoms with Gasteiger partial charge in [0.05, 0.1) is 5.92 Å². The second-order valence-electron chi connectivity index (χ2n) is 4.16. The van der Waals surface area contributed by atoms with E-state index in [9.17, 15) is 9.59 Å². The minimum Gasteiger partial charge on any atom is -0.481 e. The Balaban J connectivity index is 4.20. The number of rotatable bonds is 6. The molecular weight excluding hydrogens is 200 g/mol. The summed E-state index contributed by atoms with van der Waals surface area (Å²) >= 11 is 0. The summed E-state index contributed by atoms with van der Waals surface area (Å²) in [5, 5.41) is 17.4. The molecule has 0 aliphatic heterocycles. The molecule has 6 heteroatoms. The molecule has 0 heterocycles. The summed E-state index contributed by atoms with van der Waals surface area (Å²) in [5.41, 5.74) is 9.71. The summed E-state index contributed by atoms with van der Waals surface area (Å²) in [4.78, 5) is 21.2. The van der Waals surface area contributed by atoms with E-state index in [2.05, 4.69) is 0 Å². The lowest BCUT2D eigenvalue weighted by Crippen LogP contribution is -2.49. The van der Waals surface area contributed by atoms with Gasteiger partial charge in [0.15, 0.2) is 0 Å². The molecule has 0 aromatic heterocycles. The molecule has 0 radical (unpaired) electrons. The Bertz CT molecular complexity index is 252. The largest absolute Gasteiger partial charge is 0.481 e. The second-order valence-corrected chi connectivity index (χ2v) is 4.16. The van der Waals surface area contributed by atoms with E-state index < -0.39 is 29.4 Å². The highest BCUT2D eigenvalue weighted by Gasteiger charge is 2.31. The lowest BCUT2D eigenvalue weighted by atomic mass is 9.90. The molecule has 0 aliphatic rings. The van der Waals surface area contributed by atoms with E-state index in [1.807, 2.05) is 0 Å². The standard InChI is InChI=1S/C9H18N2O4/c1-5(7(12)13)3-6(10)4-9(2,11)8(14)15/h5-6H,3-4,10-11H2,1-2H3,(H,12,13)(H,14,15)/t5?,6-,9+/m1/s1. The topological polar surface area (TPSA) is 127 Å². The summed E-state index contributed by atoms with van der Waals surface area (Å²) in [6.45, 7) is 2.89. The van der Waals surface area contributed by atoms with Crippen LogP contribution in [0.1, 0.15) is 26.7 Å². The fraction of sp³-hybridized carbons (Fsp3) is 0.778. The van der Waals surface area contributed by atoms with Crippen molar-refractivity contribution in [2.75, 3.05) is 0 Å². The fourth-order valence-electron chi connectivity index (χ4n) is 1.27. The van der Waals surface area contributed by atoms with Crippen LogP contribution < -0.4 is 11.5 Å². The average molecular weight is 218 g/mol. The SMILES string of the molecule is CC(C[C@@H](N)C[C@](C)(N)C(=O)O)C(=O)O. The van der Waals surface area contributed by atoms with E-state index in [1.165, 1.54) is 13.8 Å². The van der Waals surface area contributed by atoms with Crippen LogP contribution >= 0.6 is 0 Å². The molecular formula is C9H18N2O4. The van der Waals surface area contributed by atoms with Gasteiger partial charge >= 0.3 is 11.9 Å². The van der Waals surface area contributed by atoms with Crippen LogP contribution in [0.25, 0.3) is 0 Å². The fourth-order valence-corrected chi connectivity index (χ4v) is 1.27. The maximum atomic E-state index is 10.7. The van der Waals surface area contributed by atoms with Gasteiger partial charge in [-0.25, -0.2) is 0 Å². The normalized spacial score (nSPS) is 18.9. The molecule has 0 rings (SSSR count). The zero-order valence-corrected chi connectivity index (χ0v) is 8.93. The van der Waals surface area contributed by atoms with Crippen LogP contribution in [-0.4, -0.2) is 33.7 Å². The van der Waals surface area contributed by atoms with Gasteiger partial charge in [-0.2, -0.15) is 0 Å². The molecule has 0 spiro atoms. The molecule has 88 valence electrons. The van der Waals surface area contributed by atoms with Gasteiger partial charge in [0.2, 0.25) is 0 Å². The zero-order valence-electron chi connectivity index (χ0n) is 8.93. The number of nitrogens with two attached hydrogens (primary N) is 2. The smallest absolute Gasteiger partial charge is 0.323 e. The first-order chi connectivity index (χ1) is 6.66. The highest BCUT2D eigenvalue weighted by atomic mass is 16.4. The highest BCUT2D eigenvalue weighted by Crippen LogP contribution is 2.14. The van der Waals surface area contributed by atoms with Crippen molar-refractivity contribution in [1.82, 2.24) is 0 Å². The molecule has 15 heavy (non-hydrogen) atoms. The third-order valence-corrected chi connectivity index (χ3v) is 2.25. The first-order valence-electron chi connectivity index (χ1n) is 4.67. The number of carboxylic acid groups (broad SMARTS) is 2. The summed E-state index contributed by atoms with van der Waals surface area (Å²) in [5.74, 6) is -2.68. The molecule has 0 aromatic carbocycles. The molecule has 1 unspecified atom stereocenters. The zero-order chi connectivity index (χ0) is 12.2.